The van der Waals surface area contributed by atoms with E-state index in [1.54, 1.807) is 11.8 Å². The van der Waals surface area contributed by atoms with Gasteiger partial charge in [-0.15, -0.1) is 0 Å². The first-order chi connectivity index (χ1) is 11.5. The van der Waals surface area contributed by atoms with Gasteiger partial charge in [-0.3, -0.25) is 4.79 Å². The summed E-state index contributed by atoms with van der Waals surface area (Å²) in [5, 5.41) is 5.90. The van der Waals surface area contributed by atoms with Crippen molar-refractivity contribution in [3.05, 3.63) is 29.3 Å². The minimum Gasteiger partial charge on any atom is -0.336 e. The average molecular weight is 331 g/mol. The van der Waals surface area contributed by atoms with Gasteiger partial charge in [0.15, 0.2) is 0 Å². The number of carbonyl (C=O) groups excluding carboxylic acids is 2. The van der Waals surface area contributed by atoms with Crippen molar-refractivity contribution < 1.29 is 9.59 Å². The first-order valence-corrected chi connectivity index (χ1v) is 8.87. The lowest BCUT2D eigenvalue weighted by molar-refractivity contribution is -0.116. The molecule has 132 valence electrons. The fourth-order valence-electron chi connectivity index (χ4n) is 3.24. The van der Waals surface area contributed by atoms with Crippen LogP contribution in [0.1, 0.15) is 50.2 Å². The fourth-order valence-corrected chi connectivity index (χ4v) is 3.24. The second kappa shape index (κ2) is 8.71. The van der Waals surface area contributed by atoms with Crippen LogP contribution in [0.25, 0.3) is 0 Å². The van der Waals surface area contributed by atoms with E-state index in [1.165, 1.54) is 19.3 Å². The third-order valence-electron chi connectivity index (χ3n) is 4.81. The molecule has 0 atom stereocenters. The quantitative estimate of drug-likeness (QED) is 0.870. The molecule has 0 aliphatic heterocycles. The second-order valence-electron chi connectivity index (χ2n) is 6.62. The number of hydrogen-bond donors (Lipinski definition) is 2. The molecule has 0 saturated heterocycles. The molecule has 5 nitrogen and oxygen atoms in total. The van der Waals surface area contributed by atoms with Crippen molar-refractivity contribution in [2.45, 2.75) is 58.9 Å². The SMILES string of the molecule is CC(=O)N(CCNC(=O)NC1CCCCC1)c1cccc(C)c1C. The lowest BCUT2D eigenvalue weighted by atomic mass is 9.96. The van der Waals surface area contributed by atoms with Gasteiger partial charge < -0.3 is 15.5 Å². The molecule has 0 aromatic heterocycles. The Labute approximate surface area is 144 Å². The molecule has 24 heavy (non-hydrogen) atoms. The summed E-state index contributed by atoms with van der Waals surface area (Å²) in [7, 11) is 0. The highest BCUT2D eigenvalue weighted by molar-refractivity contribution is 5.92. The highest BCUT2D eigenvalue weighted by Crippen LogP contribution is 2.22. The number of amides is 3. The van der Waals surface area contributed by atoms with E-state index in [2.05, 4.69) is 10.6 Å². The van der Waals surface area contributed by atoms with Crippen molar-refractivity contribution in [2.24, 2.45) is 0 Å². The topological polar surface area (TPSA) is 61.4 Å². The Bertz CT molecular complexity index is 580. The number of urea groups is 1. The summed E-state index contributed by atoms with van der Waals surface area (Å²) in [4.78, 5) is 25.7. The van der Waals surface area contributed by atoms with Crippen molar-refractivity contribution in [3.8, 4) is 0 Å². The van der Waals surface area contributed by atoms with Crippen LogP contribution in [-0.4, -0.2) is 31.1 Å². The molecule has 1 aliphatic rings. The number of benzene rings is 1. The molecule has 0 heterocycles. The molecule has 3 amide bonds. The summed E-state index contributed by atoms with van der Waals surface area (Å²) in [6.45, 7) is 6.52. The summed E-state index contributed by atoms with van der Waals surface area (Å²) in [5.41, 5.74) is 3.16. The van der Waals surface area contributed by atoms with Crippen LogP contribution < -0.4 is 15.5 Å². The Morgan fingerprint density at radius 2 is 1.88 bits per heavy atom. The van der Waals surface area contributed by atoms with Crippen molar-refractivity contribution in [3.63, 3.8) is 0 Å². The van der Waals surface area contributed by atoms with Gasteiger partial charge >= 0.3 is 6.03 Å². The van der Waals surface area contributed by atoms with Gasteiger partial charge in [-0.1, -0.05) is 31.4 Å². The average Bonchev–Trinajstić information content (AvgIpc) is 2.55. The Balaban J connectivity index is 1.86. The van der Waals surface area contributed by atoms with E-state index in [1.807, 2.05) is 32.0 Å². The standard InChI is InChI=1S/C19H29N3O2/c1-14-8-7-11-18(15(14)2)22(16(3)23)13-12-20-19(24)21-17-9-5-4-6-10-17/h7-8,11,17H,4-6,9-10,12-13H2,1-3H3,(H2,20,21,24). The molecule has 1 fully saturated rings. The third kappa shape index (κ3) is 4.98. The summed E-state index contributed by atoms with van der Waals surface area (Å²) in [6, 6.07) is 6.10. The third-order valence-corrected chi connectivity index (χ3v) is 4.81. The molecule has 0 spiro atoms. The zero-order valence-corrected chi connectivity index (χ0v) is 15.0. The Morgan fingerprint density at radius 1 is 1.17 bits per heavy atom. The monoisotopic (exact) mass is 331 g/mol. The van der Waals surface area contributed by atoms with Gasteiger partial charge in [-0.25, -0.2) is 4.79 Å². The molecule has 5 heteroatoms. The number of hydrogen-bond acceptors (Lipinski definition) is 2. The van der Waals surface area contributed by atoms with E-state index in [4.69, 9.17) is 0 Å². The van der Waals surface area contributed by atoms with Gasteiger partial charge in [0.1, 0.15) is 0 Å². The predicted molar refractivity (Wildman–Crippen MR) is 97.4 cm³/mol. The maximum Gasteiger partial charge on any atom is 0.315 e. The van der Waals surface area contributed by atoms with Crippen LogP contribution in [0.15, 0.2) is 18.2 Å². The molecular formula is C19H29N3O2. The summed E-state index contributed by atoms with van der Waals surface area (Å²) < 4.78 is 0. The molecule has 2 N–H and O–H groups in total. The second-order valence-corrected chi connectivity index (χ2v) is 6.62. The van der Waals surface area contributed by atoms with E-state index in [0.29, 0.717) is 19.1 Å². The predicted octanol–water partition coefficient (Wildman–Crippen LogP) is 3.29. The van der Waals surface area contributed by atoms with Gasteiger partial charge in [0.2, 0.25) is 5.91 Å². The van der Waals surface area contributed by atoms with Crippen LogP contribution >= 0.6 is 0 Å². The lowest BCUT2D eigenvalue weighted by Crippen LogP contribution is -2.45. The fraction of sp³-hybridized carbons (Fsp3) is 0.579. The number of aryl methyl sites for hydroxylation is 1. The van der Waals surface area contributed by atoms with Crippen LogP contribution in [0.3, 0.4) is 0 Å². The van der Waals surface area contributed by atoms with E-state index in [-0.39, 0.29) is 11.9 Å². The maximum atomic E-state index is 12.0. The molecule has 1 aromatic carbocycles. The number of anilines is 1. The highest BCUT2D eigenvalue weighted by atomic mass is 16.2. The molecule has 0 bridgehead atoms. The van der Waals surface area contributed by atoms with Gasteiger partial charge in [0.25, 0.3) is 0 Å². The molecule has 0 unspecified atom stereocenters. The number of carbonyl (C=O) groups is 2. The lowest BCUT2D eigenvalue weighted by Gasteiger charge is -2.25. The van der Waals surface area contributed by atoms with Crippen LogP contribution in [0, 0.1) is 13.8 Å². The zero-order valence-electron chi connectivity index (χ0n) is 15.0. The highest BCUT2D eigenvalue weighted by Gasteiger charge is 2.17. The number of rotatable bonds is 5. The first-order valence-electron chi connectivity index (χ1n) is 8.87. The molecular weight excluding hydrogens is 302 g/mol. The molecule has 1 saturated carbocycles. The summed E-state index contributed by atoms with van der Waals surface area (Å²) >= 11 is 0. The Morgan fingerprint density at radius 3 is 2.54 bits per heavy atom. The number of nitrogens with zero attached hydrogens (tertiary/aromatic N) is 1. The van der Waals surface area contributed by atoms with E-state index in [0.717, 1.165) is 29.7 Å². The van der Waals surface area contributed by atoms with E-state index < -0.39 is 0 Å². The largest absolute Gasteiger partial charge is 0.336 e. The first kappa shape index (κ1) is 18.3. The molecule has 0 radical (unpaired) electrons. The zero-order chi connectivity index (χ0) is 17.5. The van der Waals surface area contributed by atoms with E-state index in [9.17, 15) is 9.59 Å². The summed E-state index contributed by atoms with van der Waals surface area (Å²) in [5.74, 6) is -0.0156. The summed E-state index contributed by atoms with van der Waals surface area (Å²) in [6.07, 6.45) is 5.78. The van der Waals surface area contributed by atoms with Gasteiger partial charge in [0, 0.05) is 31.7 Å². The van der Waals surface area contributed by atoms with Crippen molar-refractivity contribution in [1.29, 1.82) is 0 Å². The van der Waals surface area contributed by atoms with Crippen molar-refractivity contribution >= 4 is 17.6 Å². The van der Waals surface area contributed by atoms with Crippen molar-refractivity contribution in [2.75, 3.05) is 18.0 Å². The van der Waals surface area contributed by atoms with Crippen LogP contribution in [0.5, 0.6) is 0 Å². The van der Waals surface area contributed by atoms with E-state index >= 15 is 0 Å². The van der Waals surface area contributed by atoms with Crippen LogP contribution in [0.2, 0.25) is 0 Å². The van der Waals surface area contributed by atoms with Gasteiger partial charge in [0.05, 0.1) is 0 Å². The number of nitrogens with one attached hydrogen (secondary N) is 2. The minimum atomic E-state index is -0.133. The van der Waals surface area contributed by atoms with Gasteiger partial charge in [-0.2, -0.15) is 0 Å². The maximum absolute atomic E-state index is 12.0. The Hall–Kier alpha value is -2.04. The normalized spacial score (nSPS) is 15.0. The molecule has 2 rings (SSSR count). The molecule has 1 aliphatic carbocycles. The molecule has 1 aromatic rings. The minimum absolute atomic E-state index is 0.0156. The van der Waals surface area contributed by atoms with Crippen molar-refractivity contribution in [1.82, 2.24) is 10.6 Å². The van der Waals surface area contributed by atoms with Crippen LogP contribution in [0.4, 0.5) is 10.5 Å². The smallest absolute Gasteiger partial charge is 0.315 e. The Kier molecular flexibility index (Phi) is 6.64. The van der Waals surface area contributed by atoms with Crippen LogP contribution in [-0.2, 0) is 4.79 Å². The van der Waals surface area contributed by atoms with Gasteiger partial charge in [-0.05, 0) is 43.9 Å².